The van der Waals surface area contributed by atoms with Gasteiger partial charge in [0.25, 0.3) is 0 Å². The molecule has 3 aromatic carbocycles. The first-order valence-corrected chi connectivity index (χ1v) is 13.4. The van der Waals surface area contributed by atoms with Crippen LogP contribution in [0.3, 0.4) is 0 Å². The van der Waals surface area contributed by atoms with Gasteiger partial charge >= 0.3 is 0 Å². The van der Waals surface area contributed by atoms with E-state index in [1.54, 1.807) is 11.5 Å². The van der Waals surface area contributed by atoms with Crippen LogP contribution < -0.4 is 0 Å². The Balaban J connectivity index is 1.20. The highest BCUT2D eigenvalue weighted by atomic mass is 32.1. The molecule has 0 saturated heterocycles. The molecule has 6 rings (SSSR count). The summed E-state index contributed by atoms with van der Waals surface area (Å²) in [4.78, 5) is 4.65. The van der Waals surface area contributed by atoms with E-state index in [0.717, 1.165) is 46.5 Å². The second-order valence-corrected chi connectivity index (χ2v) is 11.0. The van der Waals surface area contributed by atoms with Crippen molar-refractivity contribution in [1.82, 2.24) is 14.5 Å². The summed E-state index contributed by atoms with van der Waals surface area (Å²) in [6, 6.07) is 21.3. The molecule has 5 nitrogen and oxygen atoms in total. The van der Waals surface area contributed by atoms with Crippen LogP contribution in [0, 0.1) is 0 Å². The van der Waals surface area contributed by atoms with E-state index in [0.29, 0.717) is 5.92 Å². The van der Waals surface area contributed by atoms with Gasteiger partial charge in [-0.3, -0.25) is 0 Å². The lowest BCUT2D eigenvalue weighted by molar-refractivity contribution is 0.372. The molecule has 0 aliphatic rings. The summed E-state index contributed by atoms with van der Waals surface area (Å²) in [5.41, 5.74) is 6.30. The minimum absolute atomic E-state index is 0.190. The van der Waals surface area contributed by atoms with E-state index >= 15 is 0 Å². The van der Waals surface area contributed by atoms with E-state index in [1.807, 2.05) is 6.07 Å². The van der Waals surface area contributed by atoms with Crippen LogP contribution in [-0.2, 0) is 12.8 Å². The fourth-order valence-corrected chi connectivity index (χ4v) is 5.90. The molecule has 0 aliphatic heterocycles. The van der Waals surface area contributed by atoms with E-state index in [1.165, 1.54) is 26.9 Å². The Morgan fingerprint density at radius 2 is 1.56 bits per heavy atom. The Hall–Kier alpha value is -3.51. The molecule has 36 heavy (non-hydrogen) atoms. The summed E-state index contributed by atoms with van der Waals surface area (Å²) in [7, 11) is 0. The van der Waals surface area contributed by atoms with Crippen molar-refractivity contribution in [2.24, 2.45) is 0 Å². The van der Waals surface area contributed by atoms with Gasteiger partial charge in [-0.25, -0.2) is 4.98 Å². The number of hydrogen-bond acceptors (Lipinski definition) is 6. The SMILES string of the molecule is CC(C)c1nc2cc(CC(C)c3onc4cc(CC(C)c5nsc6ccccc56)ccc34)ccc2o1. The maximum absolute atomic E-state index is 5.87. The lowest BCUT2D eigenvalue weighted by atomic mass is 9.93. The van der Waals surface area contributed by atoms with Crippen molar-refractivity contribution < 1.29 is 8.94 Å². The maximum atomic E-state index is 5.87. The Morgan fingerprint density at radius 1 is 0.806 bits per heavy atom. The molecule has 3 heterocycles. The third-order valence-corrected chi connectivity index (χ3v) is 7.78. The van der Waals surface area contributed by atoms with Crippen molar-refractivity contribution in [1.29, 1.82) is 0 Å². The Morgan fingerprint density at radius 3 is 2.39 bits per heavy atom. The van der Waals surface area contributed by atoms with Crippen LogP contribution in [0.1, 0.15) is 73.9 Å². The minimum Gasteiger partial charge on any atom is -0.440 e. The van der Waals surface area contributed by atoms with Crippen LogP contribution in [0.5, 0.6) is 0 Å². The Bertz CT molecular complexity index is 1680. The normalized spacial score (nSPS) is 13.8. The predicted molar refractivity (Wildman–Crippen MR) is 146 cm³/mol. The van der Waals surface area contributed by atoms with E-state index in [-0.39, 0.29) is 11.8 Å². The predicted octanol–water partition coefficient (Wildman–Crippen LogP) is 8.39. The van der Waals surface area contributed by atoms with Crippen LogP contribution in [0.25, 0.3) is 32.1 Å². The highest BCUT2D eigenvalue weighted by Crippen LogP contribution is 2.33. The first-order chi connectivity index (χ1) is 17.5. The smallest absolute Gasteiger partial charge is 0.198 e. The van der Waals surface area contributed by atoms with Gasteiger partial charge in [-0.05, 0) is 65.8 Å². The number of nitrogens with zero attached hydrogens (tertiary/aromatic N) is 3. The second-order valence-electron chi connectivity index (χ2n) is 10.2. The van der Waals surface area contributed by atoms with Crippen molar-refractivity contribution in [3.63, 3.8) is 0 Å². The third-order valence-electron chi connectivity index (χ3n) is 6.94. The molecule has 0 saturated carbocycles. The zero-order valence-corrected chi connectivity index (χ0v) is 21.8. The molecule has 2 unspecified atom stereocenters. The third kappa shape index (κ3) is 4.20. The molecule has 0 fully saturated rings. The first kappa shape index (κ1) is 22.9. The molecule has 3 aromatic heterocycles. The van der Waals surface area contributed by atoms with Crippen molar-refractivity contribution >= 4 is 43.6 Å². The van der Waals surface area contributed by atoms with Crippen LogP contribution in [-0.4, -0.2) is 14.5 Å². The molecule has 6 aromatic rings. The number of oxazole rings is 1. The molecule has 0 N–H and O–H groups in total. The standard InChI is InChI=1S/C30H29N3O2S/c1-17(2)30-31-25-16-21(10-12-26(25)34-30)14-19(4)29-22-11-9-20(15-24(22)32-35-29)13-18(3)28-23-7-5-6-8-27(23)36-33-28/h5-12,15-19H,13-14H2,1-4H3. The zero-order valence-electron chi connectivity index (χ0n) is 21.0. The topological polar surface area (TPSA) is 65.0 Å². The fraction of sp³-hybridized carbons (Fsp3) is 0.300. The van der Waals surface area contributed by atoms with E-state index in [2.05, 4.69) is 92.4 Å². The lowest BCUT2D eigenvalue weighted by Gasteiger charge is -2.10. The van der Waals surface area contributed by atoms with Gasteiger partial charge in [0.1, 0.15) is 16.8 Å². The lowest BCUT2D eigenvalue weighted by Crippen LogP contribution is -2.00. The summed E-state index contributed by atoms with van der Waals surface area (Å²) < 4.78 is 17.7. The minimum atomic E-state index is 0.190. The molecule has 0 radical (unpaired) electrons. The van der Waals surface area contributed by atoms with Gasteiger partial charge in [0.15, 0.2) is 11.5 Å². The molecule has 0 aliphatic carbocycles. The van der Waals surface area contributed by atoms with Crippen molar-refractivity contribution in [3.8, 4) is 0 Å². The van der Waals surface area contributed by atoms with Crippen molar-refractivity contribution in [2.75, 3.05) is 0 Å². The maximum Gasteiger partial charge on any atom is 0.198 e. The average molecular weight is 496 g/mol. The van der Waals surface area contributed by atoms with Gasteiger partial charge in [0, 0.05) is 28.5 Å². The fourth-order valence-electron chi connectivity index (χ4n) is 5.01. The van der Waals surface area contributed by atoms with Crippen LogP contribution in [0.15, 0.2) is 69.6 Å². The van der Waals surface area contributed by atoms with Gasteiger partial charge in [0.2, 0.25) is 0 Å². The summed E-state index contributed by atoms with van der Waals surface area (Å²) in [5.74, 6) is 2.50. The average Bonchev–Trinajstić information content (AvgIpc) is 3.59. The Labute approximate surface area is 214 Å². The number of fused-ring (bicyclic) bond motifs is 3. The molecule has 182 valence electrons. The molecule has 6 heteroatoms. The van der Waals surface area contributed by atoms with Crippen molar-refractivity contribution in [2.45, 2.75) is 58.3 Å². The molecule has 0 bridgehead atoms. The quantitative estimate of drug-likeness (QED) is 0.222. The monoisotopic (exact) mass is 495 g/mol. The van der Waals surface area contributed by atoms with Crippen molar-refractivity contribution in [3.05, 3.63) is 89.1 Å². The largest absolute Gasteiger partial charge is 0.440 e. The summed E-state index contributed by atoms with van der Waals surface area (Å²) in [6.07, 6.45) is 1.76. The summed E-state index contributed by atoms with van der Waals surface area (Å²) in [5, 5.41) is 6.77. The summed E-state index contributed by atoms with van der Waals surface area (Å²) >= 11 is 1.58. The number of hydrogen-bond donors (Lipinski definition) is 0. The van der Waals surface area contributed by atoms with E-state index in [9.17, 15) is 0 Å². The highest BCUT2D eigenvalue weighted by Gasteiger charge is 2.19. The molecule has 0 spiro atoms. The van der Waals surface area contributed by atoms with Gasteiger partial charge in [0.05, 0.1) is 10.4 Å². The molecule has 0 amide bonds. The molecular formula is C30H29N3O2S. The van der Waals surface area contributed by atoms with Crippen LogP contribution in [0.4, 0.5) is 0 Å². The summed E-state index contributed by atoms with van der Waals surface area (Å²) in [6.45, 7) is 8.62. The number of aromatic nitrogens is 3. The van der Waals surface area contributed by atoms with Gasteiger partial charge in [-0.1, -0.05) is 63.2 Å². The van der Waals surface area contributed by atoms with Gasteiger partial charge in [-0.2, -0.15) is 4.37 Å². The second kappa shape index (κ2) is 9.17. The Kier molecular flexibility index (Phi) is 5.84. The first-order valence-electron chi connectivity index (χ1n) is 12.6. The van der Waals surface area contributed by atoms with Crippen LogP contribution in [0.2, 0.25) is 0 Å². The van der Waals surface area contributed by atoms with E-state index in [4.69, 9.17) is 13.3 Å². The van der Waals surface area contributed by atoms with Gasteiger partial charge in [-0.15, -0.1) is 0 Å². The number of rotatable bonds is 7. The molecule has 2 atom stereocenters. The number of benzene rings is 3. The highest BCUT2D eigenvalue weighted by molar-refractivity contribution is 7.13. The zero-order chi connectivity index (χ0) is 24.8. The molecular weight excluding hydrogens is 466 g/mol. The van der Waals surface area contributed by atoms with E-state index < -0.39 is 0 Å². The van der Waals surface area contributed by atoms with Crippen LogP contribution >= 0.6 is 11.5 Å². The van der Waals surface area contributed by atoms with Gasteiger partial charge < -0.3 is 8.94 Å².